The molecule has 1 aromatic heterocycles. The number of aromatic nitrogens is 1. The molecule has 4 nitrogen and oxygen atoms in total. The fourth-order valence-electron chi connectivity index (χ4n) is 1.76. The van der Waals surface area contributed by atoms with Gasteiger partial charge in [-0.3, -0.25) is 9.69 Å². The van der Waals surface area contributed by atoms with E-state index in [9.17, 15) is 4.79 Å². The number of halogens is 1. The summed E-state index contributed by atoms with van der Waals surface area (Å²) >= 11 is 3.41. The summed E-state index contributed by atoms with van der Waals surface area (Å²) in [5.41, 5.74) is 0. The SMILES string of the molecule is COc1ccc(N2CC(CBr)CC2=O)nc1. The summed E-state index contributed by atoms with van der Waals surface area (Å²) in [6.07, 6.45) is 2.23. The van der Waals surface area contributed by atoms with Crippen LogP contribution in [0.2, 0.25) is 0 Å². The summed E-state index contributed by atoms with van der Waals surface area (Å²) < 4.78 is 5.03. The van der Waals surface area contributed by atoms with Crippen molar-refractivity contribution in [2.24, 2.45) is 5.92 Å². The van der Waals surface area contributed by atoms with Crippen molar-refractivity contribution in [1.29, 1.82) is 0 Å². The number of ether oxygens (including phenoxy) is 1. The number of rotatable bonds is 3. The zero-order valence-corrected chi connectivity index (χ0v) is 10.6. The van der Waals surface area contributed by atoms with Gasteiger partial charge < -0.3 is 4.74 Å². The van der Waals surface area contributed by atoms with E-state index in [1.54, 1.807) is 18.2 Å². The summed E-state index contributed by atoms with van der Waals surface area (Å²) in [5.74, 6) is 1.93. The first-order chi connectivity index (χ1) is 7.74. The lowest BCUT2D eigenvalue weighted by Crippen LogP contribution is -2.25. The van der Waals surface area contributed by atoms with E-state index in [0.29, 0.717) is 23.9 Å². The number of carbonyl (C=O) groups is 1. The minimum Gasteiger partial charge on any atom is -0.495 e. The molecule has 0 bridgehead atoms. The number of amides is 1. The number of nitrogens with zero attached hydrogens (tertiary/aromatic N) is 2. The number of methoxy groups -OCH3 is 1. The molecule has 1 unspecified atom stereocenters. The zero-order valence-electron chi connectivity index (χ0n) is 9.02. The van der Waals surface area contributed by atoms with E-state index < -0.39 is 0 Å². The monoisotopic (exact) mass is 284 g/mol. The summed E-state index contributed by atoms with van der Waals surface area (Å²) in [7, 11) is 1.60. The van der Waals surface area contributed by atoms with E-state index >= 15 is 0 Å². The molecule has 1 saturated heterocycles. The number of anilines is 1. The van der Waals surface area contributed by atoms with E-state index in [2.05, 4.69) is 20.9 Å². The first-order valence-corrected chi connectivity index (χ1v) is 6.23. The molecule has 0 N–H and O–H groups in total. The molecule has 1 aromatic rings. The zero-order chi connectivity index (χ0) is 11.5. The number of alkyl halides is 1. The third-order valence-electron chi connectivity index (χ3n) is 2.66. The molecule has 1 amide bonds. The molecular weight excluding hydrogens is 272 g/mol. The Morgan fingerprint density at radius 2 is 2.44 bits per heavy atom. The fraction of sp³-hybridized carbons (Fsp3) is 0.455. The lowest BCUT2D eigenvalue weighted by atomic mass is 10.2. The second-order valence-corrected chi connectivity index (χ2v) is 4.43. The highest BCUT2D eigenvalue weighted by molar-refractivity contribution is 9.09. The maximum Gasteiger partial charge on any atom is 0.228 e. The highest BCUT2D eigenvalue weighted by Gasteiger charge is 2.30. The summed E-state index contributed by atoms with van der Waals surface area (Å²) in [5, 5.41) is 0.853. The number of carbonyl (C=O) groups excluding carboxylic acids is 1. The number of hydrogen-bond acceptors (Lipinski definition) is 3. The van der Waals surface area contributed by atoms with Crippen molar-refractivity contribution < 1.29 is 9.53 Å². The van der Waals surface area contributed by atoms with Gasteiger partial charge in [0.05, 0.1) is 13.3 Å². The second-order valence-electron chi connectivity index (χ2n) is 3.79. The quantitative estimate of drug-likeness (QED) is 0.796. The van der Waals surface area contributed by atoms with Crippen LogP contribution in [0.1, 0.15) is 6.42 Å². The molecule has 0 saturated carbocycles. The van der Waals surface area contributed by atoms with E-state index in [4.69, 9.17) is 4.74 Å². The van der Waals surface area contributed by atoms with E-state index in [1.165, 1.54) is 0 Å². The Morgan fingerprint density at radius 1 is 1.62 bits per heavy atom. The Balaban J connectivity index is 2.15. The molecule has 0 radical (unpaired) electrons. The third-order valence-corrected chi connectivity index (χ3v) is 3.57. The molecule has 1 fully saturated rings. The van der Waals surface area contributed by atoms with Crippen LogP contribution in [-0.2, 0) is 4.79 Å². The van der Waals surface area contributed by atoms with Crippen LogP contribution in [0.4, 0.5) is 5.82 Å². The van der Waals surface area contributed by atoms with Gasteiger partial charge in [-0.1, -0.05) is 15.9 Å². The summed E-state index contributed by atoms with van der Waals surface area (Å²) in [4.78, 5) is 17.7. The third kappa shape index (κ3) is 2.19. The van der Waals surface area contributed by atoms with Crippen LogP contribution in [0.5, 0.6) is 5.75 Å². The molecule has 5 heteroatoms. The van der Waals surface area contributed by atoms with Gasteiger partial charge in [-0.05, 0) is 18.1 Å². The predicted octanol–water partition coefficient (Wildman–Crippen LogP) is 1.84. The van der Waals surface area contributed by atoms with Gasteiger partial charge in [-0.2, -0.15) is 0 Å². The molecule has 86 valence electrons. The van der Waals surface area contributed by atoms with E-state index in [0.717, 1.165) is 11.9 Å². The normalized spacial score (nSPS) is 20.2. The molecule has 2 rings (SSSR count). The highest BCUT2D eigenvalue weighted by Crippen LogP contribution is 2.25. The number of hydrogen-bond donors (Lipinski definition) is 0. The van der Waals surface area contributed by atoms with Gasteiger partial charge in [0.15, 0.2) is 0 Å². The molecule has 1 aliphatic rings. The van der Waals surface area contributed by atoms with Gasteiger partial charge in [0.1, 0.15) is 11.6 Å². The van der Waals surface area contributed by atoms with Gasteiger partial charge in [0, 0.05) is 18.3 Å². The Hall–Kier alpha value is -1.10. The Bertz CT molecular complexity index is 380. The van der Waals surface area contributed by atoms with Gasteiger partial charge in [-0.25, -0.2) is 4.98 Å². The smallest absolute Gasteiger partial charge is 0.228 e. The van der Waals surface area contributed by atoms with Crippen molar-refractivity contribution in [3.63, 3.8) is 0 Å². The van der Waals surface area contributed by atoms with Crippen molar-refractivity contribution in [3.05, 3.63) is 18.3 Å². The van der Waals surface area contributed by atoms with Crippen LogP contribution < -0.4 is 9.64 Å². The molecule has 1 aliphatic heterocycles. The van der Waals surface area contributed by atoms with Crippen molar-refractivity contribution in [2.45, 2.75) is 6.42 Å². The van der Waals surface area contributed by atoms with Crippen molar-refractivity contribution in [2.75, 3.05) is 23.9 Å². The molecule has 0 aliphatic carbocycles. The molecule has 1 atom stereocenters. The molecule has 0 spiro atoms. The molecular formula is C11H13BrN2O2. The van der Waals surface area contributed by atoms with Crippen molar-refractivity contribution in [1.82, 2.24) is 4.98 Å². The highest BCUT2D eigenvalue weighted by atomic mass is 79.9. The van der Waals surface area contributed by atoms with Crippen LogP contribution in [0, 0.1) is 5.92 Å². The van der Waals surface area contributed by atoms with E-state index in [1.807, 2.05) is 12.1 Å². The summed E-state index contributed by atoms with van der Waals surface area (Å²) in [6.45, 7) is 0.739. The molecule has 0 aromatic carbocycles. The van der Waals surface area contributed by atoms with Gasteiger partial charge in [-0.15, -0.1) is 0 Å². The van der Waals surface area contributed by atoms with Crippen molar-refractivity contribution in [3.8, 4) is 5.75 Å². The number of pyridine rings is 1. The first-order valence-electron chi connectivity index (χ1n) is 5.11. The van der Waals surface area contributed by atoms with Crippen LogP contribution in [0.15, 0.2) is 18.3 Å². The van der Waals surface area contributed by atoms with Gasteiger partial charge >= 0.3 is 0 Å². The first kappa shape index (κ1) is 11.4. The average Bonchev–Trinajstić information content (AvgIpc) is 2.71. The largest absolute Gasteiger partial charge is 0.495 e. The minimum absolute atomic E-state index is 0.141. The average molecular weight is 285 g/mol. The lowest BCUT2D eigenvalue weighted by molar-refractivity contribution is -0.117. The Kier molecular flexibility index (Phi) is 3.43. The maximum absolute atomic E-state index is 11.7. The lowest BCUT2D eigenvalue weighted by Gasteiger charge is -2.15. The Morgan fingerprint density at radius 3 is 2.94 bits per heavy atom. The standard InChI is InChI=1S/C11H13BrN2O2/c1-16-9-2-3-10(13-6-9)14-7-8(5-12)4-11(14)15/h2-3,6,8H,4-5,7H2,1H3. The summed E-state index contributed by atoms with van der Waals surface area (Å²) in [6, 6.07) is 3.63. The fourth-order valence-corrected chi connectivity index (χ4v) is 2.19. The second kappa shape index (κ2) is 4.82. The Labute approximate surface area is 103 Å². The van der Waals surface area contributed by atoms with Gasteiger partial charge in [0.2, 0.25) is 5.91 Å². The van der Waals surface area contributed by atoms with Crippen LogP contribution in [-0.4, -0.2) is 29.9 Å². The van der Waals surface area contributed by atoms with E-state index in [-0.39, 0.29) is 5.91 Å². The maximum atomic E-state index is 11.7. The van der Waals surface area contributed by atoms with Gasteiger partial charge in [0.25, 0.3) is 0 Å². The topological polar surface area (TPSA) is 42.4 Å². The van der Waals surface area contributed by atoms with Crippen molar-refractivity contribution >= 4 is 27.7 Å². The minimum atomic E-state index is 0.141. The van der Waals surface area contributed by atoms with Crippen LogP contribution >= 0.6 is 15.9 Å². The predicted molar refractivity (Wildman–Crippen MR) is 65.0 cm³/mol. The van der Waals surface area contributed by atoms with Crippen LogP contribution in [0.25, 0.3) is 0 Å². The molecule has 2 heterocycles. The van der Waals surface area contributed by atoms with Crippen LogP contribution in [0.3, 0.4) is 0 Å². The molecule has 16 heavy (non-hydrogen) atoms.